The zero-order chi connectivity index (χ0) is 28.4. The number of likely N-dealkylation sites (tertiary alicyclic amines) is 2. The van der Waals surface area contributed by atoms with E-state index in [1.807, 2.05) is 12.2 Å². The molecule has 10 rings (SSSR count). The molecule has 42 heavy (non-hydrogen) atoms. The van der Waals surface area contributed by atoms with Crippen LogP contribution in [-0.2, 0) is 23.7 Å². The van der Waals surface area contributed by atoms with Crippen LogP contribution in [0.15, 0.2) is 36.4 Å². The van der Waals surface area contributed by atoms with Crippen LogP contribution >= 0.6 is 0 Å². The van der Waals surface area contributed by atoms with Gasteiger partial charge in [-0.15, -0.1) is 0 Å². The van der Waals surface area contributed by atoms with Crippen molar-refractivity contribution in [2.45, 2.75) is 73.0 Å². The quantitative estimate of drug-likeness (QED) is 0.389. The fourth-order valence-electron chi connectivity index (χ4n) is 11.0. The van der Waals surface area contributed by atoms with E-state index in [0.29, 0.717) is 22.6 Å². The molecule has 10 unspecified atom stereocenters. The normalized spacial score (nSPS) is 43.0. The van der Waals surface area contributed by atoms with Crippen molar-refractivity contribution in [1.29, 1.82) is 0 Å². The number of aliphatic hydroxyl groups excluding tert-OH is 2. The molecule has 4 aliphatic heterocycles. The minimum absolute atomic E-state index is 0.0181. The number of phenolic OH excluding ortho intramolecular Hbond substituents is 2. The van der Waals surface area contributed by atoms with Crippen molar-refractivity contribution < 1.29 is 29.9 Å². The van der Waals surface area contributed by atoms with Crippen molar-refractivity contribution in [2.75, 3.05) is 27.2 Å². The zero-order valence-electron chi connectivity index (χ0n) is 23.8. The number of aromatic hydroxyl groups is 2. The van der Waals surface area contributed by atoms with E-state index in [1.165, 1.54) is 0 Å². The maximum absolute atomic E-state index is 11.9. The van der Waals surface area contributed by atoms with Gasteiger partial charge in [-0.2, -0.15) is 0 Å². The Kier molecular flexibility index (Phi) is 4.38. The van der Waals surface area contributed by atoms with Gasteiger partial charge in [0.2, 0.25) is 0 Å². The Hall–Kier alpha value is -3.04. The Labute approximate surface area is 244 Å². The SMILES string of the molecule is CN1CCC23c4c5cc(-c6cc7c8c(c6O)OC6C(O)C=CC9C(C7)N(C)CCC896)c(O)c4OC2C(O)C=CC3C1C5. The first-order valence-corrected chi connectivity index (χ1v) is 15.5. The Balaban J connectivity index is 1.19. The molecule has 4 bridgehead atoms. The fraction of sp³-hybridized carbons (Fsp3) is 0.529. The summed E-state index contributed by atoms with van der Waals surface area (Å²) in [5.41, 5.74) is 4.66. The third-order valence-electron chi connectivity index (χ3n) is 12.8. The Morgan fingerprint density at radius 3 is 1.55 bits per heavy atom. The summed E-state index contributed by atoms with van der Waals surface area (Å²) in [5.74, 6) is 1.38. The third-order valence-corrected chi connectivity index (χ3v) is 12.8. The summed E-state index contributed by atoms with van der Waals surface area (Å²) in [6, 6.07) is 4.65. The van der Waals surface area contributed by atoms with Gasteiger partial charge in [-0.05, 0) is 76.1 Å². The van der Waals surface area contributed by atoms with Gasteiger partial charge >= 0.3 is 0 Å². The summed E-state index contributed by atoms with van der Waals surface area (Å²) in [5, 5.41) is 46.0. The van der Waals surface area contributed by atoms with Crippen LogP contribution in [0.3, 0.4) is 0 Å². The van der Waals surface area contributed by atoms with Crippen molar-refractivity contribution in [2.24, 2.45) is 11.8 Å². The predicted octanol–water partition coefficient (Wildman–Crippen LogP) is 2.38. The zero-order valence-corrected chi connectivity index (χ0v) is 23.8. The van der Waals surface area contributed by atoms with Crippen LogP contribution in [0.2, 0.25) is 0 Å². The topological polar surface area (TPSA) is 106 Å². The lowest BCUT2D eigenvalue weighted by molar-refractivity contribution is -0.0453. The minimum atomic E-state index is -0.746. The molecule has 2 aromatic carbocycles. The molecule has 8 heteroatoms. The molecular weight excluding hydrogens is 532 g/mol. The maximum atomic E-state index is 11.9. The monoisotopic (exact) mass is 568 g/mol. The third kappa shape index (κ3) is 2.48. The van der Waals surface area contributed by atoms with Gasteiger partial charge in [-0.1, -0.05) is 24.3 Å². The molecule has 8 aliphatic rings. The molecule has 4 N–H and O–H groups in total. The molecule has 0 aromatic heterocycles. The molecule has 2 fully saturated rings. The largest absolute Gasteiger partial charge is 0.504 e. The van der Waals surface area contributed by atoms with E-state index in [0.717, 1.165) is 61.0 Å². The average molecular weight is 569 g/mol. The van der Waals surface area contributed by atoms with E-state index >= 15 is 0 Å². The van der Waals surface area contributed by atoms with E-state index in [-0.39, 0.29) is 46.2 Å². The smallest absolute Gasteiger partial charge is 0.166 e. The van der Waals surface area contributed by atoms with Gasteiger partial charge in [-0.3, -0.25) is 0 Å². The number of hydrogen-bond donors (Lipinski definition) is 4. The number of benzene rings is 2. The van der Waals surface area contributed by atoms with Crippen molar-refractivity contribution in [1.82, 2.24) is 9.80 Å². The molecule has 8 nitrogen and oxygen atoms in total. The fourth-order valence-corrected chi connectivity index (χ4v) is 11.0. The molecule has 218 valence electrons. The molecule has 2 aromatic rings. The number of rotatable bonds is 1. The molecule has 10 atom stereocenters. The van der Waals surface area contributed by atoms with Crippen molar-refractivity contribution in [3.63, 3.8) is 0 Å². The van der Waals surface area contributed by atoms with Gasteiger partial charge in [0.15, 0.2) is 23.0 Å². The van der Waals surface area contributed by atoms with Crippen molar-refractivity contribution >= 4 is 0 Å². The van der Waals surface area contributed by atoms with Crippen LogP contribution in [0.25, 0.3) is 11.1 Å². The number of nitrogens with zero attached hydrogens (tertiary/aromatic N) is 2. The van der Waals surface area contributed by atoms with E-state index in [1.54, 1.807) is 0 Å². The second-order valence-electron chi connectivity index (χ2n) is 14.2. The summed E-state index contributed by atoms with van der Waals surface area (Å²) in [6.07, 6.45) is 9.02. The molecule has 2 spiro atoms. The Morgan fingerprint density at radius 2 is 1.12 bits per heavy atom. The highest BCUT2D eigenvalue weighted by Crippen LogP contribution is 2.67. The predicted molar refractivity (Wildman–Crippen MR) is 154 cm³/mol. The van der Waals surface area contributed by atoms with Crippen LogP contribution in [0, 0.1) is 11.8 Å². The number of phenols is 2. The van der Waals surface area contributed by atoms with Crippen LogP contribution in [0.4, 0.5) is 0 Å². The van der Waals surface area contributed by atoms with E-state index in [9.17, 15) is 20.4 Å². The standard InChI is InChI=1S/C34H36N2O6/c1-35-9-7-33-19-3-5-23(37)31(33)41-29-25(33)15(13-21(19)35)11-17(27(29)39)18-12-16-14-22-20-4-6-24(38)32-34(20,8-10-36(22)2)26(16)30(42-32)28(18)40/h3-6,11-12,19-24,31-32,37-40H,7-10,13-14H2,1-2H3. The Bertz CT molecular complexity index is 1550. The first kappa shape index (κ1) is 24.4. The summed E-state index contributed by atoms with van der Waals surface area (Å²) < 4.78 is 13.1. The van der Waals surface area contributed by atoms with E-state index in [4.69, 9.17) is 9.47 Å². The number of piperidine rings is 2. The van der Waals surface area contributed by atoms with E-state index in [2.05, 4.69) is 48.2 Å². The molecule has 4 heterocycles. The maximum Gasteiger partial charge on any atom is 0.166 e. The summed E-state index contributed by atoms with van der Waals surface area (Å²) >= 11 is 0. The highest BCUT2D eigenvalue weighted by molar-refractivity contribution is 5.85. The highest BCUT2D eigenvalue weighted by Gasteiger charge is 2.66. The lowest BCUT2D eigenvalue weighted by Gasteiger charge is -2.56. The number of hydrogen-bond acceptors (Lipinski definition) is 8. The summed E-state index contributed by atoms with van der Waals surface area (Å²) in [4.78, 5) is 4.83. The first-order chi connectivity index (χ1) is 20.3. The number of aliphatic hydroxyl groups is 2. The van der Waals surface area contributed by atoms with Gasteiger partial charge in [0, 0.05) is 57.0 Å². The highest BCUT2D eigenvalue weighted by atomic mass is 16.5. The Morgan fingerprint density at radius 1 is 0.690 bits per heavy atom. The summed E-state index contributed by atoms with van der Waals surface area (Å²) in [7, 11) is 4.35. The van der Waals surface area contributed by atoms with Gasteiger partial charge in [0.05, 0.1) is 0 Å². The van der Waals surface area contributed by atoms with Crippen molar-refractivity contribution in [3.05, 3.63) is 58.7 Å². The second kappa shape index (κ2) is 7.53. The number of likely N-dealkylation sites (N-methyl/N-ethyl adjacent to an activating group) is 2. The van der Waals surface area contributed by atoms with Crippen LogP contribution in [0.5, 0.6) is 23.0 Å². The van der Waals surface area contributed by atoms with Gasteiger partial charge in [0.1, 0.15) is 24.4 Å². The van der Waals surface area contributed by atoms with Gasteiger partial charge < -0.3 is 39.7 Å². The van der Waals surface area contributed by atoms with Crippen LogP contribution in [0.1, 0.15) is 35.1 Å². The second-order valence-corrected chi connectivity index (χ2v) is 14.2. The molecule has 0 radical (unpaired) electrons. The lowest BCUT2D eigenvalue weighted by atomic mass is 9.53. The molecule has 0 amide bonds. The molecule has 2 saturated heterocycles. The van der Waals surface area contributed by atoms with Crippen LogP contribution < -0.4 is 9.47 Å². The first-order valence-electron chi connectivity index (χ1n) is 15.5. The molecular formula is C34H36N2O6. The average Bonchev–Trinajstić information content (AvgIpc) is 3.52. The number of ether oxygens (including phenoxy) is 2. The minimum Gasteiger partial charge on any atom is -0.504 e. The molecule has 4 aliphatic carbocycles. The van der Waals surface area contributed by atoms with Crippen LogP contribution in [-0.4, -0.2) is 93.9 Å². The van der Waals surface area contributed by atoms with Gasteiger partial charge in [0.25, 0.3) is 0 Å². The van der Waals surface area contributed by atoms with Gasteiger partial charge in [-0.25, -0.2) is 0 Å². The summed E-state index contributed by atoms with van der Waals surface area (Å²) in [6.45, 7) is 1.82. The van der Waals surface area contributed by atoms with E-state index < -0.39 is 24.4 Å². The molecule has 0 saturated carbocycles. The lowest BCUT2D eigenvalue weighted by Crippen LogP contribution is -2.64. The van der Waals surface area contributed by atoms with Crippen molar-refractivity contribution in [3.8, 4) is 34.1 Å².